The van der Waals surface area contributed by atoms with Crippen LogP contribution in [0.2, 0.25) is 0 Å². The number of fused-ring (bicyclic) bond motifs is 1. The van der Waals surface area contributed by atoms with E-state index < -0.39 is 10.2 Å². The Morgan fingerprint density at radius 3 is 2.32 bits per heavy atom. The van der Waals surface area contributed by atoms with Gasteiger partial charge in [-0.05, 0) is 60.9 Å². The summed E-state index contributed by atoms with van der Waals surface area (Å²) >= 11 is 0. The molecule has 4 aromatic rings. The van der Waals surface area contributed by atoms with Gasteiger partial charge < -0.3 is 4.98 Å². The topological polar surface area (TPSA) is 91.0 Å². The van der Waals surface area contributed by atoms with Gasteiger partial charge in [0, 0.05) is 35.4 Å². The summed E-state index contributed by atoms with van der Waals surface area (Å²) in [6.45, 7) is 1.10. The van der Waals surface area contributed by atoms with Gasteiger partial charge in [-0.1, -0.05) is 12.1 Å². The smallest absolute Gasteiger partial charge is 0.301 e. The number of nitrogens with zero attached hydrogens (tertiary/aromatic N) is 3. The van der Waals surface area contributed by atoms with E-state index in [1.165, 1.54) is 22.8 Å². The third-order valence-corrected chi connectivity index (χ3v) is 6.93. The van der Waals surface area contributed by atoms with E-state index in [-0.39, 0.29) is 5.82 Å². The molecule has 0 atom stereocenters. The highest BCUT2D eigenvalue weighted by molar-refractivity contribution is 7.90. The van der Waals surface area contributed by atoms with E-state index in [0.717, 1.165) is 40.7 Å². The van der Waals surface area contributed by atoms with Crippen LogP contribution in [0.1, 0.15) is 12.8 Å². The summed E-state index contributed by atoms with van der Waals surface area (Å²) in [6, 6.07) is 15.3. The van der Waals surface area contributed by atoms with Gasteiger partial charge in [0.2, 0.25) is 0 Å². The lowest BCUT2D eigenvalue weighted by Gasteiger charge is -2.17. The summed E-state index contributed by atoms with van der Waals surface area (Å²) in [5.41, 5.74) is 4.39. The molecule has 31 heavy (non-hydrogen) atoms. The Labute approximate surface area is 179 Å². The van der Waals surface area contributed by atoms with E-state index in [4.69, 9.17) is 0 Å². The Morgan fingerprint density at radius 2 is 1.61 bits per heavy atom. The zero-order valence-corrected chi connectivity index (χ0v) is 17.4. The second-order valence-electron chi connectivity index (χ2n) is 7.47. The van der Waals surface area contributed by atoms with Crippen molar-refractivity contribution in [2.45, 2.75) is 12.8 Å². The zero-order chi connectivity index (χ0) is 21.4. The highest BCUT2D eigenvalue weighted by atomic mass is 32.2. The Kier molecular flexibility index (Phi) is 4.91. The maximum absolute atomic E-state index is 13.2. The molecule has 1 fully saturated rings. The van der Waals surface area contributed by atoms with Gasteiger partial charge in [0.05, 0.1) is 5.69 Å². The van der Waals surface area contributed by atoms with Crippen molar-refractivity contribution in [1.29, 1.82) is 0 Å². The summed E-state index contributed by atoms with van der Waals surface area (Å²) in [5.74, 6) is -0.291. The summed E-state index contributed by atoms with van der Waals surface area (Å²) in [7, 11) is -3.53. The van der Waals surface area contributed by atoms with Crippen LogP contribution in [-0.4, -0.2) is 40.8 Å². The van der Waals surface area contributed by atoms with Crippen molar-refractivity contribution in [3.05, 3.63) is 66.7 Å². The minimum atomic E-state index is -3.53. The molecule has 0 bridgehead atoms. The van der Waals surface area contributed by atoms with E-state index in [1.54, 1.807) is 24.3 Å². The molecule has 5 rings (SSSR count). The lowest BCUT2D eigenvalue weighted by atomic mass is 10.1. The molecule has 1 aliphatic heterocycles. The molecule has 0 spiro atoms. The molecular formula is C22H20FN5O2S. The fraction of sp³-hybridized carbons (Fsp3) is 0.182. The van der Waals surface area contributed by atoms with Crippen LogP contribution in [0.15, 0.2) is 60.9 Å². The molecule has 0 radical (unpaired) electrons. The molecule has 9 heteroatoms. The summed E-state index contributed by atoms with van der Waals surface area (Å²) in [4.78, 5) is 12.0. The first-order chi connectivity index (χ1) is 15.0. The van der Waals surface area contributed by atoms with Crippen LogP contribution < -0.4 is 4.72 Å². The molecule has 1 saturated heterocycles. The van der Waals surface area contributed by atoms with Gasteiger partial charge in [0.1, 0.15) is 17.8 Å². The van der Waals surface area contributed by atoms with Crippen molar-refractivity contribution < 1.29 is 12.8 Å². The van der Waals surface area contributed by atoms with Gasteiger partial charge in [0.15, 0.2) is 0 Å². The molecule has 7 nitrogen and oxygen atoms in total. The van der Waals surface area contributed by atoms with Gasteiger partial charge in [-0.25, -0.2) is 14.4 Å². The highest BCUT2D eigenvalue weighted by Crippen LogP contribution is 2.30. The lowest BCUT2D eigenvalue weighted by molar-refractivity contribution is 0.482. The molecule has 0 saturated carbocycles. The normalized spacial score (nSPS) is 14.9. The maximum Gasteiger partial charge on any atom is 0.301 e. The molecule has 2 aromatic carbocycles. The number of H-pyrrole nitrogens is 1. The number of aromatic nitrogens is 3. The first kappa shape index (κ1) is 19.7. The summed E-state index contributed by atoms with van der Waals surface area (Å²) in [6.07, 6.45) is 3.26. The van der Waals surface area contributed by atoms with E-state index in [2.05, 4.69) is 19.7 Å². The molecule has 0 amide bonds. The Morgan fingerprint density at radius 1 is 0.935 bits per heavy atom. The number of nitrogens with one attached hydrogen (secondary N) is 2. The number of hydrogen-bond acceptors (Lipinski definition) is 4. The molecule has 3 heterocycles. The molecular weight excluding hydrogens is 417 g/mol. The van der Waals surface area contributed by atoms with Crippen molar-refractivity contribution in [3.8, 4) is 22.5 Å². The molecule has 2 N–H and O–H groups in total. The predicted molar refractivity (Wildman–Crippen MR) is 118 cm³/mol. The minimum Gasteiger partial charge on any atom is -0.339 e. The van der Waals surface area contributed by atoms with Crippen molar-refractivity contribution >= 4 is 26.9 Å². The molecule has 2 aromatic heterocycles. The second kappa shape index (κ2) is 7.75. The van der Waals surface area contributed by atoms with Crippen LogP contribution in [0.4, 0.5) is 10.1 Å². The fourth-order valence-electron chi connectivity index (χ4n) is 3.79. The molecule has 1 aliphatic rings. The minimum absolute atomic E-state index is 0.291. The monoisotopic (exact) mass is 437 g/mol. The van der Waals surface area contributed by atoms with Crippen molar-refractivity contribution in [1.82, 2.24) is 19.3 Å². The van der Waals surface area contributed by atoms with Crippen molar-refractivity contribution in [3.63, 3.8) is 0 Å². The average molecular weight is 438 g/mol. The van der Waals surface area contributed by atoms with E-state index in [1.807, 2.05) is 18.2 Å². The number of halogens is 1. The Bertz CT molecular complexity index is 1330. The maximum atomic E-state index is 13.2. The van der Waals surface area contributed by atoms with Crippen LogP contribution in [0, 0.1) is 5.82 Å². The highest BCUT2D eigenvalue weighted by Gasteiger charge is 2.25. The molecule has 158 valence electrons. The fourth-order valence-corrected chi connectivity index (χ4v) is 5.09. The predicted octanol–water partition coefficient (Wildman–Crippen LogP) is 4.18. The van der Waals surface area contributed by atoms with E-state index in [0.29, 0.717) is 24.4 Å². The third-order valence-electron chi connectivity index (χ3n) is 5.39. The largest absolute Gasteiger partial charge is 0.339 e. The number of aromatic amines is 1. The van der Waals surface area contributed by atoms with Gasteiger partial charge in [-0.2, -0.15) is 12.7 Å². The summed E-state index contributed by atoms with van der Waals surface area (Å²) in [5, 5.41) is 0.826. The third kappa shape index (κ3) is 3.89. The van der Waals surface area contributed by atoms with E-state index in [9.17, 15) is 12.8 Å². The number of benzene rings is 2. The van der Waals surface area contributed by atoms with Crippen molar-refractivity contribution in [2.24, 2.45) is 0 Å². The second-order valence-corrected chi connectivity index (χ2v) is 9.14. The zero-order valence-electron chi connectivity index (χ0n) is 16.5. The van der Waals surface area contributed by atoms with Crippen LogP contribution in [0.25, 0.3) is 33.5 Å². The standard InChI is InChI=1S/C22H20FN5O2S/c23-17-7-3-15(4-8-17)20-13-19-21(24-14-25-22(19)26-20)16-5-9-18(10-6-16)27-31(29,30)28-11-1-2-12-28/h3-10,13-14,27H,1-2,11-12H2,(H,24,25,26). The Balaban J connectivity index is 1.44. The lowest BCUT2D eigenvalue weighted by Crippen LogP contribution is -2.33. The van der Waals surface area contributed by atoms with Gasteiger partial charge >= 0.3 is 10.2 Å². The number of hydrogen-bond donors (Lipinski definition) is 2. The Hall–Kier alpha value is -3.30. The first-order valence-corrected chi connectivity index (χ1v) is 11.4. The van der Waals surface area contributed by atoms with Crippen LogP contribution in [0.5, 0.6) is 0 Å². The van der Waals surface area contributed by atoms with Crippen LogP contribution >= 0.6 is 0 Å². The van der Waals surface area contributed by atoms with Crippen molar-refractivity contribution in [2.75, 3.05) is 17.8 Å². The molecule has 0 aliphatic carbocycles. The number of rotatable bonds is 5. The number of anilines is 1. The van der Waals surface area contributed by atoms with Crippen LogP contribution in [0.3, 0.4) is 0 Å². The van der Waals surface area contributed by atoms with E-state index >= 15 is 0 Å². The summed E-state index contributed by atoms with van der Waals surface area (Å²) < 4.78 is 42.3. The quantitative estimate of drug-likeness (QED) is 0.490. The van der Waals surface area contributed by atoms with Gasteiger partial charge in [-0.3, -0.25) is 4.72 Å². The van der Waals surface area contributed by atoms with Crippen LogP contribution in [-0.2, 0) is 10.2 Å². The van der Waals surface area contributed by atoms with Gasteiger partial charge in [0.25, 0.3) is 0 Å². The molecule has 0 unspecified atom stereocenters. The SMILES string of the molecule is O=S(=O)(Nc1ccc(-c2ncnc3[nH]c(-c4ccc(F)cc4)cc23)cc1)N1CCCC1. The van der Waals surface area contributed by atoms with Gasteiger partial charge in [-0.15, -0.1) is 0 Å². The first-order valence-electron chi connectivity index (χ1n) is 9.98. The average Bonchev–Trinajstić information content (AvgIpc) is 3.45.